The van der Waals surface area contributed by atoms with Gasteiger partial charge in [-0.3, -0.25) is 0 Å². The van der Waals surface area contributed by atoms with Crippen molar-refractivity contribution in [2.24, 2.45) is 0 Å². The van der Waals surface area contributed by atoms with Gasteiger partial charge in [0.2, 0.25) is 0 Å². The van der Waals surface area contributed by atoms with Gasteiger partial charge in [-0.25, -0.2) is 0 Å². The molecule has 2 aromatic carbocycles. The molecule has 0 fully saturated rings. The summed E-state index contributed by atoms with van der Waals surface area (Å²) < 4.78 is 0.856. The van der Waals surface area contributed by atoms with Gasteiger partial charge in [-0.2, -0.15) is 0 Å². The highest BCUT2D eigenvalue weighted by molar-refractivity contribution is 9.10. The van der Waals surface area contributed by atoms with Gasteiger partial charge in [-0.05, 0) is 30.7 Å². The maximum Gasteiger partial charge on any atom is 0.105 e. The predicted molar refractivity (Wildman–Crippen MR) is 74.4 cm³/mol. The molecule has 88 valence electrons. The molecule has 17 heavy (non-hydrogen) atoms. The molecular formula is C14H12BrClO. The van der Waals surface area contributed by atoms with E-state index in [-0.39, 0.29) is 0 Å². The van der Waals surface area contributed by atoms with E-state index in [0.717, 1.165) is 15.6 Å². The number of benzene rings is 2. The summed E-state index contributed by atoms with van der Waals surface area (Å²) in [6.45, 7) is 2.02. The van der Waals surface area contributed by atoms with E-state index in [1.165, 1.54) is 5.56 Å². The summed E-state index contributed by atoms with van der Waals surface area (Å²) in [5, 5.41) is 10.9. The second-order valence-electron chi connectivity index (χ2n) is 3.98. The van der Waals surface area contributed by atoms with Gasteiger partial charge in [-0.15, -0.1) is 0 Å². The number of rotatable bonds is 2. The first-order valence-corrected chi connectivity index (χ1v) is 6.44. The Balaban J connectivity index is 2.39. The minimum Gasteiger partial charge on any atom is -0.384 e. The van der Waals surface area contributed by atoms with Crippen molar-refractivity contribution < 1.29 is 5.11 Å². The molecule has 1 nitrogen and oxygen atoms in total. The van der Waals surface area contributed by atoms with E-state index in [0.29, 0.717) is 5.02 Å². The smallest absolute Gasteiger partial charge is 0.105 e. The van der Waals surface area contributed by atoms with Crippen LogP contribution in [0.1, 0.15) is 22.8 Å². The van der Waals surface area contributed by atoms with Crippen molar-refractivity contribution in [3.8, 4) is 0 Å². The Hall–Kier alpha value is -0.830. The van der Waals surface area contributed by atoms with Crippen molar-refractivity contribution in [2.45, 2.75) is 13.0 Å². The molecule has 0 aromatic heterocycles. The van der Waals surface area contributed by atoms with Crippen molar-refractivity contribution >= 4 is 27.5 Å². The molecule has 2 aromatic rings. The lowest BCUT2D eigenvalue weighted by molar-refractivity contribution is 0.219. The van der Waals surface area contributed by atoms with Crippen LogP contribution >= 0.6 is 27.5 Å². The van der Waals surface area contributed by atoms with E-state index in [1.54, 1.807) is 12.1 Å². The molecular weight excluding hydrogens is 300 g/mol. The molecule has 3 heteroatoms. The summed E-state index contributed by atoms with van der Waals surface area (Å²) >= 11 is 9.37. The zero-order valence-electron chi connectivity index (χ0n) is 9.32. The number of halogens is 2. The van der Waals surface area contributed by atoms with E-state index < -0.39 is 6.10 Å². The molecule has 0 bridgehead atoms. The van der Waals surface area contributed by atoms with Gasteiger partial charge in [0, 0.05) is 15.1 Å². The van der Waals surface area contributed by atoms with Crippen LogP contribution in [0.5, 0.6) is 0 Å². The normalized spacial score (nSPS) is 12.5. The van der Waals surface area contributed by atoms with Crippen molar-refractivity contribution in [3.05, 3.63) is 68.7 Å². The lowest BCUT2D eigenvalue weighted by Crippen LogP contribution is -2.00. The Bertz CT molecular complexity index is 522. The van der Waals surface area contributed by atoms with Crippen LogP contribution < -0.4 is 0 Å². The highest BCUT2D eigenvalue weighted by Crippen LogP contribution is 2.30. The first-order valence-electron chi connectivity index (χ1n) is 5.27. The SMILES string of the molecule is Cc1ccc(C(O)c2cc(Cl)ccc2Br)cc1. The topological polar surface area (TPSA) is 20.2 Å². The van der Waals surface area contributed by atoms with E-state index in [1.807, 2.05) is 37.3 Å². The lowest BCUT2D eigenvalue weighted by Gasteiger charge is -2.14. The Labute approximate surface area is 114 Å². The number of hydrogen-bond acceptors (Lipinski definition) is 1. The van der Waals surface area contributed by atoms with Crippen LogP contribution in [0.15, 0.2) is 46.9 Å². The minimum atomic E-state index is -0.663. The first-order chi connectivity index (χ1) is 8.08. The monoisotopic (exact) mass is 310 g/mol. The molecule has 0 aliphatic carbocycles. The largest absolute Gasteiger partial charge is 0.384 e. The van der Waals surface area contributed by atoms with Crippen molar-refractivity contribution in [3.63, 3.8) is 0 Å². The summed E-state index contributed by atoms with van der Waals surface area (Å²) in [7, 11) is 0. The maximum absolute atomic E-state index is 10.3. The lowest BCUT2D eigenvalue weighted by atomic mass is 10.0. The summed E-state index contributed by atoms with van der Waals surface area (Å²) in [5.41, 5.74) is 2.81. The molecule has 0 spiro atoms. The summed E-state index contributed by atoms with van der Waals surface area (Å²) in [4.78, 5) is 0. The highest BCUT2D eigenvalue weighted by Gasteiger charge is 2.13. The number of aryl methyl sites for hydroxylation is 1. The second kappa shape index (κ2) is 5.21. The molecule has 1 N–H and O–H groups in total. The average molecular weight is 312 g/mol. The Morgan fingerprint density at radius 3 is 2.41 bits per heavy atom. The molecule has 0 aliphatic rings. The Kier molecular flexibility index (Phi) is 3.87. The summed E-state index contributed by atoms with van der Waals surface area (Å²) in [6.07, 6.45) is -0.663. The molecule has 0 heterocycles. The third kappa shape index (κ3) is 2.89. The zero-order chi connectivity index (χ0) is 12.4. The Morgan fingerprint density at radius 2 is 1.76 bits per heavy atom. The van der Waals surface area contributed by atoms with Gasteiger partial charge in [0.1, 0.15) is 6.10 Å². The van der Waals surface area contributed by atoms with Gasteiger partial charge in [0.05, 0.1) is 0 Å². The predicted octanol–water partition coefficient (Wildman–Crippen LogP) is 4.49. The van der Waals surface area contributed by atoms with Gasteiger partial charge >= 0.3 is 0 Å². The van der Waals surface area contributed by atoms with E-state index in [4.69, 9.17) is 11.6 Å². The minimum absolute atomic E-state index is 0.620. The highest BCUT2D eigenvalue weighted by atomic mass is 79.9. The van der Waals surface area contributed by atoms with E-state index >= 15 is 0 Å². The summed E-state index contributed by atoms with van der Waals surface area (Å²) in [5.74, 6) is 0. The van der Waals surface area contributed by atoms with Crippen LogP contribution in [0, 0.1) is 6.92 Å². The van der Waals surface area contributed by atoms with Crippen LogP contribution in [0.4, 0.5) is 0 Å². The van der Waals surface area contributed by atoms with Gasteiger partial charge in [0.15, 0.2) is 0 Å². The maximum atomic E-state index is 10.3. The quantitative estimate of drug-likeness (QED) is 0.866. The third-order valence-corrected chi connectivity index (χ3v) is 3.60. The van der Waals surface area contributed by atoms with Gasteiger partial charge in [-0.1, -0.05) is 57.4 Å². The van der Waals surface area contributed by atoms with Crippen LogP contribution in [0.25, 0.3) is 0 Å². The molecule has 1 atom stereocenters. The fraction of sp³-hybridized carbons (Fsp3) is 0.143. The number of hydrogen-bond donors (Lipinski definition) is 1. The summed E-state index contributed by atoms with van der Waals surface area (Å²) in [6, 6.07) is 13.2. The van der Waals surface area contributed by atoms with Crippen molar-refractivity contribution in [1.29, 1.82) is 0 Å². The molecule has 0 aliphatic heterocycles. The zero-order valence-corrected chi connectivity index (χ0v) is 11.7. The molecule has 0 saturated heterocycles. The molecule has 2 rings (SSSR count). The van der Waals surface area contributed by atoms with Crippen molar-refractivity contribution in [1.82, 2.24) is 0 Å². The fourth-order valence-electron chi connectivity index (χ4n) is 1.65. The van der Waals surface area contributed by atoms with Crippen LogP contribution in [0.3, 0.4) is 0 Å². The number of aliphatic hydroxyl groups excluding tert-OH is 1. The molecule has 0 radical (unpaired) electrons. The fourth-order valence-corrected chi connectivity index (χ4v) is 2.30. The third-order valence-electron chi connectivity index (χ3n) is 2.65. The van der Waals surface area contributed by atoms with E-state index in [9.17, 15) is 5.11 Å². The molecule has 1 unspecified atom stereocenters. The van der Waals surface area contributed by atoms with Crippen LogP contribution in [-0.4, -0.2) is 5.11 Å². The number of aliphatic hydroxyl groups is 1. The van der Waals surface area contributed by atoms with Gasteiger partial charge < -0.3 is 5.11 Å². The van der Waals surface area contributed by atoms with Crippen LogP contribution in [-0.2, 0) is 0 Å². The van der Waals surface area contributed by atoms with Crippen LogP contribution in [0.2, 0.25) is 5.02 Å². The Morgan fingerprint density at radius 1 is 1.12 bits per heavy atom. The second-order valence-corrected chi connectivity index (χ2v) is 5.27. The molecule has 0 amide bonds. The molecule has 0 saturated carbocycles. The standard InChI is InChI=1S/C14H12BrClO/c1-9-2-4-10(5-3-9)14(17)12-8-11(16)6-7-13(12)15/h2-8,14,17H,1H3. The first kappa shape index (κ1) is 12.6. The van der Waals surface area contributed by atoms with Gasteiger partial charge in [0.25, 0.3) is 0 Å². The van der Waals surface area contributed by atoms with Crippen molar-refractivity contribution in [2.75, 3.05) is 0 Å². The average Bonchev–Trinajstić information content (AvgIpc) is 2.32. The van der Waals surface area contributed by atoms with E-state index in [2.05, 4.69) is 15.9 Å².